The van der Waals surface area contributed by atoms with E-state index in [1.54, 1.807) is 12.1 Å². The number of nitrogens with zero attached hydrogens (tertiary/aromatic N) is 3. The zero-order valence-electron chi connectivity index (χ0n) is 11.7. The largest absolute Gasteiger partial charge is 0.366 e. The Morgan fingerprint density at radius 3 is 2.60 bits per heavy atom. The molecule has 1 heterocycles. The van der Waals surface area contributed by atoms with Crippen molar-refractivity contribution in [3.63, 3.8) is 0 Å². The van der Waals surface area contributed by atoms with Crippen LogP contribution < -0.4 is 10.2 Å². The van der Waals surface area contributed by atoms with Crippen LogP contribution in [-0.4, -0.2) is 30.6 Å². The Morgan fingerprint density at radius 2 is 2.10 bits per heavy atom. The minimum Gasteiger partial charge on any atom is -0.366 e. The quantitative estimate of drug-likeness (QED) is 0.673. The van der Waals surface area contributed by atoms with E-state index in [9.17, 15) is 10.1 Å². The van der Waals surface area contributed by atoms with Gasteiger partial charge in [-0.25, -0.2) is 0 Å². The van der Waals surface area contributed by atoms with Gasteiger partial charge in [-0.2, -0.15) is 5.26 Å². The van der Waals surface area contributed by atoms with Crippen LogP contribution in [0.1, 0.15) is 25.3 Å². The number of hydrogen-bond donors (Lipinski definition) is 1. The van der Waals surface area contributed by atoms with Gasteiger partial charge in [0.2, 0.25) is 0 Å². The first kappa shape index (κ1) is 14.3. The summed E-state index contributed by atoms with van der Waals surface area (Å²) < 4.78 is 0. The monoisotopic (exact) mass is 274 g/mol. The molecule has 1 aromatic rings. The molecular formula is C14H18N4O2. The Bertz CT molecular complexity index is 557. The molecule has 0 unspecified atom stereocenters. The number of piperidine rings is 1. The predicted molar refractivity (Wildman–Crippen MR) is 76.7 cm³/mol. The fourth-order valence-corrected chi connectivity index (χ4v) is 2.50. The fraction of sp³-hybridized carbons (Fsp3) is 0.500. The predicted octanol–water partition coefficient (Wildman–Crippen LogP) is 2.04. The van der Waals surface area contributed by atoms with Crippen molar-refractivity contribution in [3.8, 4) is 6.07 Å². The van der Waals surface area contributed by atoms with E-state index in [0.29, 0.717) is 11.3 Å². The normalized spacial score (nSPS) is 17.6. The first-order chi connectivity index (χ1) is 9.49. The first-order valence-corrected chi connectivity index (χ1v) is 6.61. The molecule has 0 radical (unpaired) electrons. The number of rotatable bonds is 3. The Labute approximate surface area is 118 Å². The summed E-state index contributed by atoms with van der Waals surface area (Å²) in [5.74, 6) is 0. The van der Waals surface area contributed by atoms with Crippen molar-refractivity contribution in [3.05, 3.63) is 33.9 Å². The number of nitriles is 1. The van der Waals surface area contributed by atoms with Crippen molar-refractivity contribution in [2.24, 2.45) is 0 Å². The van der Waals surface area contributed by atoms with E-state index in [0.717, 1.165) is 25.9 Å². The highest BCUT2D eigenvalue weighted by Gasteiger charge is 2.30. The van der Waals surface area contributed by atoms with Crippen molar-refractivity contribution in [1.29, 1.82) is 5.26 Å². The maximum absolute atomic E-state index is 11.2. The van der Waals surface area contributed by atoms with Crippen LogP contribution in [0.3, 0.4) is 0 Å². The van der Waals surface area contributed by atoms with Crippen LogP contribution in [0.2, 0.25) is 0 Å². The van der Waals surface area contributed by atoms with E-state index in [2.05, 4.69) is 12.2 Å². The van der Waals surface area contributed by atoms with E-state index in [4.69, 9.17) is 5.26 Å². The molecule has 0 aliphatic carbocycles. The van der Waals surface area contributed by atoms with Crippen LogP contribution in [-0.2, 0) is 0 Å². The van der Waals surface area contributed by atoms with Crippen LogP contribution >= 0.6 is 0 Å². The second-order valence-corrected chi connectivity index (χ2v) is 5.37. The maximum atomic E-state index is 11.2. The minimum absolute atomic E-state index is 0.0112. The average molecular weight is 274 g/mol. The second kappa shape index (κ2) is 5.47. The first-order valence-electron chi connectivity index (χ1n) is 6.61. The molecule has 106 valence electrons. The molecule has 6 nitrogen and oxygen atoms in total. The van der Waals surface area contributed by atoms with Crippen molar-refractivity contribution in [2.45, 2.75) is 25.3 Å². The number of nitro groups is 1. The summed E-state index contributed by atoms with van der Waals surface area (Å²) >= 11 is 0. The molecule has 0 atom stereocenters. The zero-order chi connectivity index (χ0) is 14.8. The third kappa shape index (κ3) is 2.73. The smallest absolute Gasteiger partial charge is 0.293 e. The molecule has 1 saturated heterocycles. The minimum atomic E-state index is -0.415. The van der Waals surface area contributed by atoms with Crippen molar-refractivity contribution >= 4 is 11.4 Å². The Hall–Kier alpha value is -2.13. The molecule has 0 bridgehead atoms. The van der Waals surface area contributed by atoms with Crippen LogP contribution in [0.25, 0.3) is 0 Å². The molecule has 0 amide bonds. The van der Waals surface area contributed by atoms with Gasteiger partial charge in [0.1, 0.15) is 5.69 Å². The summed E-state index contributed by atoms with van der Waals surface area (Å²) in [6.45, 7) is 3.70. The van der Waals surface area contributed by atoms with Gasteiger partial charge < -0.3 is 10.2 Å². The lowest BCUT2D eigenvalue weighted by atomic mass is 9.89. The zero-order valence-corrected chi connectivity index (χ0v) is 11.7. The van der Waals surface area contributed by atoms with Crippen molar-refractivity contribution < 1.29 is 4.92 Å². The van der Waals surface area contributed by atoms with Gasteiger partial charge in [-0.15, -0.1) is 0 Å². The van der Waals surface area contributed by atoms with Crippen LogP contribution in [0.4, 0.5) is 11.4 Å². The average Bonchev–Trinajstić information content (AvgIpc) is 2.47. The van der Waals surface area contributed by atoms with E-state index in [-0.39, 0.29) is 11.2 Å². The molecule has 0 saturated carbocycles. The highest BCUT2D eigenvalue weighted by atomic mass is 16.6. The van der Waals surface area contributed by atoms with E-state index in [1.807, 2.05) is 18.0 Å². The molecule has 1 N–H and O–H groups in total. The SMILES string of the molecule is CNC1(C)CCN(c2ccc(C#N)cc2[N+](=O)[O-])CC1. The van der Waals surface area contributed by atoms with E-state index >= 15 is 0 Å². The molecule has 2 rings (SSSR count). The summed E-state index contributed by atoms with van der Waals surface area (Å²) in [4.78, 5) is 12.8. The molecule has 0 spiro atoms. The number of nitro benzene ring substituents is 1. The summed E-state index contributed by atoms with van der Waals surface area (Å²) in [6, 6.07) is 6.60. The van der Waals surface area contributed by atoms with Gasteiger partial charge in [-0.3, -0.25) is 10.1 Å². The molecule has 0 aromatic heterocycles. The number of nitrogens with one attached hydrogen (secondary N) is 1. The molecule has 1 aromatic carbocycles. The van der Waals surface area contributed by atoms with Crippen LogP contribution in [0.15, 0.2) is 18.2 Å². The van der Waals surface area contributed by atoms with E-state index < -0.39 is 4.92 Å². The van der Waals surface area contributed by atoms with Gasteiger partial charge in [0.25, 0.3) is 5.69 Å². The van der Waals surface area contributed by atoms with Gasteiger partial charge in [0.15, 0.2) is 0 Å². The lowest BCUT2D eigenvalue weighted by Crippen LogP contribution is -2.50. The fourth-order valence-electron chi connectivity index (χ4n) is 2.50. The summed E-state index contributed by atoms with van der Waals surface area (Å²) in [5.41, 5.74) is 1.03. The molecule has 6 heteroatoms. The van der Waals surface area contributed by atoms with Crippen LogP contribution in [0, 0.1) is 21.4 Å². The van der Waals surface area contributed by atoms with Gasteiger partial charge in [-0.05, 0) is 38.9 Å². The molecular weight excluding hydrogens is 256 g/mol. The summed E-state index contributed by atoms with van der Waals surface area (Å²) in [7, 11) is 1.94. The lowest BCUT2D eigenvalue weighted by molar-refractivity contribution is -0.384. The molecule has 1 aliphatic heterocycles. The number of anilines is 1. The van der Waals surface area contributed by atoms with Crippen LogP contribution in [0.5, 0.6) is 0 Å². The van der Waals surface area contributed by atoms with Crippen molar-refractivity contribution in [1.82, 2.24) is 5.32 Å². The lowest BCUT2D eigenvalue weighted by Gasteiger charge is -2.40. The van der Waals surface area contributed by atoms with Gasteiger partial charge in [0, 0.05) is 24.7 Å². The summed E-state index contributed by atoms with van der Waals surface area (Å²) in [5, 5.41) is 23.3. The highest BCUT2D eigenvalue weighted by Crippen LogP contribution is 2.33. The number of benzene rings is 1. The molecule has 1 aliphatic rings. The Kier molecular flexibility index (Phi) is 3.91. The highest BCUT2D eigenvalue weighted by molar-refractivity contribution is 5.65. The van der Waals surface area contributed by atoms with Gasteiger partial charge >= 0.3 is 0 Å². The molecule has 20 heavy (non-hydrogen) atoms. The Morgan fingerprint density at radius 1 is 1.45 bits per heavy atom. The Balaban J connectivity index is 2.26. The third-order valence-corrected chi connectivity index (χ3v) is 4.11. The van der Waals surface area contributed by atoms with Gasteiger partial charge in [0.05, 0.1) is 16.6 Å². The number of hydrogen-bond acceptors (Lipinski definition) is 5. The molecule has 1 fully saturated rings. The maximum Gasteiger partial charge on any atom is 0.293 e. The van der Waals surface area contributed by atoms with E-state index in [1.165, 1.54) is 6.07 Å². The topological polar surface area (TPSA) is 82.2 Å². The summed E-state index contributed by atoms with van der Waals surface area (Å²) in [6.07, 6.45) is 1.86. The third-order valence-electron chi connectivity index (χ3n) is 4.11. The van der Waals surface area contributed by atoms with Crippen molar-refractivity contribution in [2.75, 3.05) is 25.0 Å². The second-order valence-electron chi connectivity index (χ2n) is 5.37. The van der Waals surface area contributed by atoms with Gasteiger partial charge in [-0.1, -0.05) is 0 Å². The standard InChI is InChI=1S/C14H18N4O2/c1-14(16-2)5-7-17(8-6-14)12-4-3-11(10-15)9-13(12)18(19)20/h3-4,9,16H,5-8H2,1-2H3.